The van der Waals surface area contributed by atoms with Crippen LogP contribution in [0.2, 0.25) is 0 Å². The van der Waals surface area contributed by atoms with E-state index in [1.54, 1.807) is 0 Å². The highest BCUT2D eigenvalue weighted by Crippen LogP contribution is 2.24. The van der Waals surface area contributed by atoms with Gasteiger partial charge in [0.25, 0.3) is 0 Å². The monoisotopic (exact) mass is 220 g/mol. The van der Waals surface area contributed by atoms with Crippen molar-refractivity contribution in [1.82, 2.24) is 0 Å². The lowest BCUT2D eigenvalue weighted by Gasteiger charge is -2.20. The van der Waals surface area contributed by atoms with E-state index in [-0.39, 0.29) is 11.5 Å². The quantitative estimate of drug-likeness (QED) is 0.819. The summed E-state index contributed by atoms with van der Waals surface area (Å²) in [5, 5.41) is 0. The van der Waals surface area contributed by atoms with E-state index >= 15 is 0 Å². The van der Waals surface area contributed by atoms with E-state index in [9.17, 15) is 0 Å². The molecule has 0 spiro atoms. The summed E-state index contributed by atoms with van der Waals surface area (Å²) in [5.41, 5.74) is 14.3. The molecular weight excluding hydrogens is 196 g/mol. The molecule has 16 heavy (non-hydrogen) atoms. The largest absolute Gasteiger partial charge is 0.330 e. The molecule has 2 heteroatoms. The maximum Gasteiger partial charge on any atom is 0.0295 e. The average Bonchev–Trinajstić information content (AvgIpc) is 2.25. The lowest BCUT2D eigenvalue weighted by Crippen LogP contribution is -2.14. The van der Waals surface area contributed by atoms with Crippen LogP contribution in [-0.2, 0) is 5.41 Å². The molecule has 1 atom stereocenters. The topological polar surface area (TPSA) is 52.0 Å². The first kappa shape index (κ1) is 13.2. The third-order valence-electron chi connectivity index (χ3n) is 2.92. The van der Waals surface area contributed by atoms with Crippen LogP contribution in [-0.4, -0.2) is 6.54 Å². The first-order valence-electron chi connectivity index (χ1n) is 6.01. The predicted molar refractivity (Wildman–Crippen MR) is 70.4 cm³/mol. The third kappa shape index (κ3) is 3.62. The van der Waals surface area contributed by atoms with E-state index < -0.39 is 0 Å². The molecule has 0 aliphatic rings. The van der Waals surface area contributed by atoms with Crippen LogP contribution in [0, 0.1) is 0 Å². The summed E-state index contributed by atoms with van der Waals surface area (Å²) in [6.07, 6.45) is 1.95. The molecule has 2 nitrogen and oxygen atoms in total. The normalized spacial score (nSPS) is 13.8. The molecular formula is C14H24N2. The van der Waals surface area contributed by atoms with Crippen LogP contribution in [0.15, 0.2) is 24.3 Å². The van der Waals surface area contributed by atoms with Crippen molar-refractivity contribution in [3.05, 3.63) is 35.4 Å². The molecule has 0 aliphatic carbocycles. The lowest BCUT2D eigenvalue weighted by atomic mass is 9.86. The molecule has 0 saturated heterocycles. The van der Waals surface area contributed by atoms with Gasteiger partial charge in [0.05, 0.1) is 0 Å². The highest BCUT2D eigenvalue weighted by Gasteiger charge is 2.13. The Morgan fingerprint density at radius 1 is 1.12 bits per heavy atom. The van der Waals surface area contributed by atoms with Crippen LogP contribution in [0.3, 0.4) is 0 Å². The predicted octanol–water partition coefficient (Wildman–Crippen LogP) is 2.72. The second-order valence-electron chi connectivity index (χ2n) is 5.41. The van der Waals surface area contributed by atoms with Gasteiger partial charge in [-0.05, 0) is 35.9 Å². The van der Waals surface area contributed by atoms with E-state index in [0.717, 1.165) is 12.8 Å². The summed E-state index contributed by atoms with van der Waals surface area (Å²) >= 11 is 0. The minimum atomic E-state index is 0.123. The van der Waals surface area contributed by atoms with Gasteiger partial charge in [-0.2, -0.15) is 0 Å². The Labute approximate surface area is 99.0 Å². The van der Waals surface area contributed by atoms with Crippen molar-refractivity contribution in [2.24, 2.45) is 11.5 Å². The van der Waals surface area contributed by atoms with E-state index in [2.05, 4.69) is 45.0 Å². The Bertz CT molecular complexity index is 309. The minimum absolute atomic E-state index is 0.123. The molecule has 1 aromatic rings. The number of hydrogen-bond donors (Lipinski definition) is 2. The van der Waals surface area contributed by atoms with E-state index in [0.29, 0.717) is 6.54 Å². The number of benzene rings is 1. The van der Waals surface area contributed by atoms with Gasteiger partial charge in [0, 0.05) is 6.04 Å². The third-order valence-corrected chi connectivity index (χ3v) is 2.92. The van der Waals surface area contributed by atoms with Gasteiger partial charge >= 0.3 is 0 Å². The molecule has 0 aromatic heterocycles. The Morgan fingerprint density at radius 3 is 2.12 bits per heavy atom. The average molecular weight is 220 g/mol. The minimum Gasteiger partial charge on any atom is -0.330 e. The molecule has 1 rings (SSSR count). The van der Waals surface area contributed by atoms with Gasteiger partial charge in [0.1, 0.15) is 0 Å². The van der Waals surface area contributed by atoms with Crippen molar-refractivity contribution in [1.29, 1.82) is 0 Å². The Kier molecular flexibility index (Phi) is 4.51. The van der Waals surface area contributed by atoms with Gasteiger partial charge in [-0.15, -0.1) is 0 Å². The zero-order valence-electron chi connectivity index (χ0n) is 10.7. The summed E-state index contributed by atoms with van der Waals surface area (Å²) in [4.78, 5) is 0. The fourth-order valence-corrected chi connectivity index (χ4v) is 1.73. The number of hydrogen-bond acceptors (Lipinski definition) is 2. The van der Waals surface area contributed by atoms with Gasteiger partial charge in [-0.25, -0.2) is 0 Å². The zero-order chi connectivity index (χ0) is 12.2. The van der Waals surface area contributed by atoms with Crippen molar-refractivity contribution in [3.63, 3.8) is 0 Å². The van der Waals surface area contributed by atoms with E-state index in [1.807, 2.05) is 0 Å². The molecule has 1 unspecified atom stereocenters. The smallest absolute Gasteiger partial charge is 0.0295 e. The van der Waals surface area contributed by atoms with Crippen molar-refractivity contribution in [3.8, 4) is 0 Å². The fraction of sp³-hybridized carbons (Fsp3) is 0.571. The summed E-state index contributed by atoms with van der Waals surface area (Å²) in [7, 11) is 0. The molecule has 0 saturated carbocycles. The molecule has 0 amide bonds. The molecule has 0 fully saturated rings. The molecule has 4 N–H and O–H groups in total. The van der Waals surface area contributed by atoms with Gasteiger partial charge in [0.2, 0.25) is 0 Å². The molecule has 1 aromatic carbocycles. The maximum absolute atomic E-state index is 6.08. The SMILES string of the molecule is CC(C)(C)c1ccc(C(N)CCCN)cc1. The van der Waals surface area contributed by atoms with Crippen LogP contribution in [0.5, 0.6) is 0 Å². The summed E-state index contributed by atoms with van der Waals surface area (Å²) in [6.45, 7) is 7.37. The molecule has 0 heterocycles. The lowest BCUT2D eigenvalue weighted by molar-refractivity contribution is 0.587. The highest BCUT2D eigenvalue weighted by atomic mass is 14.6. The second-order valence-corrected chi connectivity index (χ2v) is 5.41. The number of rotatable bonds is 4. The van der Waals surface area contributed by atoms with Gasteiger partial charge < -0.3 is 11.5 Å². The molecule has 90 valence electrons. The standard InChI is InChI=1S/C14H24N2/c1-14(2,3)12-8-6-11(7-9-12)13(16)5-4-10-15/h6-9,13H,4-5,10,15-16H2,1-3H3. The van der Waals surface area contributed by atoms with Crippen LogP contribution in [0.25, 0.3) is 0 Å². The summed E-state index contributed by atoms with van der Waals surface area (Å²) in [5.74, 6) is 0. The summed E-state index contributed by atoms with van der Waals surface area (Å²) < 4.78 is 0. The first-order valence-corrected chi connectivity index (χ1v) is 6.01. The van der Waals surface area contributed by atoms with Crippen molar-refractivity contribution in [2.45, 2.75) is 45.1 Å². The maximum atomic E-state index is 6.08. The van der Waals surface area contributed by atoms with Crippen molar-refractivity contribution >= 4 is 0 Å². The zero-order valence-corrected chi connectivity index (χ0v) is 10.7. The van der Waals surface area contributed by atoms with Crippen LogP contribution in [0.4, 0.5) is 0 Å². The van der Waals surface area contributed by atoms with Gasteiger partial charge in [0.15, 0.2) is 0 Å². The van der Waals surface area contributed by atoms with Crippen LogP contribution < -0.4 is 11.5 Å². The Morgan fingerprint density at radius 2 is 1.69 bits per heavy atom. The highest BCUT2D eigenvalue weighted by molar-refractivity contribution is 5.29. The Hall–Kier alpha value is -0.860. The van der Waals surface area contributed by atoms with E-state index in [4.69, 9.17) is 11.5 Å². The molecule has 0 bridgehead atoms. The second kappa shape index (κ2) is 5.46. The van der Waals surface area contributed by atoms with Crippen molar-refractivity contribution < 1.29 is 0 Å². The van der Waals surface area contributed by atoms with Gasteiger partial charge in [-0.1, -0.05) is 45.0 Å². The van der Waals surface area contributed by atoms with Gasteiger partial charge in [-0.3, -0.25) is 0 Å². The van der Waals surface area contributed by atoms with Crippen LogP contribution >= 0.6 is 0 Å². The Balaban J connectivity index is 2.71. The van der Waals surface area contributed by atoms with Crippen molar-refractivity contribution in [2.75, 3.05) is 6.54 Å². The van der Waals surface area contributed by atoms with Crippen LogP contribution in [0.1, 0.15) is 50.8 Å². The van der Waals surface area contributed by atoms with E-state index in [1.165, 1.54) is 11.1 Å². The fourth-order valence-electron chi connectivity index (χ4n) is 1.73. The summed E-state index contributed by atoms with van der Waals surface area (Å²) in [6, 6.07) is 8.76. The molecule has 0 aliphatic heterocycles. The number of nitrogens with two attached hydrogens (primary N) is 2. The first-order chi connectivity index (χ1) is 7.45. The molecule has 0 radical (unpaired) electrons.